The van der Waals surface area contributed by atoms with E-state index in [1.165, 1.54) is 6.92 Å². The van der Waals surface area contributed by atoms with Gasteiger partial charge in [0, 0.05) is 32.5 Å². The molecular weight excluding hydrogens is 487 g/mol. The average molecular weight is 533 g/mol. The normalized spacial score (nSPS) is 28.9. The molecule has 0 spiro atoms. The molecule has 3 aromatic rings. The number of nitrogens with zero attached hydrogens (tertiary/aromatic N) is 1. The Morgan fingerprint density at radius 1 is 1.30 bits per heavy atom. The number of ether oxygens (including phenoxy) is 2. The van der Waals surface area contributed by atoms with E-state index in [9.17, 15) is 23.8 Å². The lowest BCUT2D eigenvalue weighted by Gasteiger charge is -2.26. The number of Topliss-reactive ketones (excluding diaryl/α,β-unsaturated/α-hetero) is 1. The van der Waals surface area contributed by atoms with Crippen molar-refractivity contribution in [2.45, 2.75) is 76.1 Å². The molecule has 1 aliphatic heterocycles. The van der Waals surface area contributed by atoms with E-state index in [0.29, 0.717) is 0 Å². The first-order chi connectivity index (χ1) is 23.4. The maximum absolute atomic E-state index is 16.3. The highest BCUT2D eigenvalue weighted by Crippen LogP contribution is 2.52. The van der Waals surface area contributed by atoms with Crippen molar-refractivity contribution in [3.05, 3.63) is 58.9 Å². The molecule has 2 atom stereocenters. The average Bonchev–Trinajstić information content (AvgIpc) is 3.29. The number of halogens is 3. The Balaban J connectivity index is 1.79. The maximum Gasteiger partial charge on any atom is 0.586 e. The number of benzene rings is 2. The standard InChI is InChI=1S/C28H30F3NO5/c1-4-26(2,3)24-10-17-9-16(20(29)13-21(17)32(24)14-19(34)15-33)11-25(35)27(7-8-27)18-5-6-22-23(12-18)37-28(30,31)36-22/h5-6,9-10,12-13,19,33-34H,4,7-8,11,14-15H2,1-3H3/t19-/m1/s1/i2D3,5D,6D,7D2,8D2,9D,10D,12D,13D,15D2/t19-,26?. The van der Waals surface area contributed by atoms with Crippen LogP contribution in [-0.2, 0) is 28.6 Å². The summed E-state index contributed by atoms with van der Waals surface area (Å²) in [5.74, 6) is -5.69. The van der Waals surface area contributed by atoms with Crippen LogP contribution in [0.3, 0.4) is 0 Å². The van der Waals surface area contributed by atoms with Crippen molar-refractivity contribution >= 4 is 16.7 Å². The van der Waals surface area contributed by atoms with Gasteiger partial charge < -0.3 is 24.3 Å². The van der Waals surface area contributed by atoms with Crippen LogP contribution in [0.25, 0.3) is 10.9 Å². The summed E-state index contributed by atoms with van der Waals surface area (Å²) < 4.78 is 178. The molecule has 2 N–H and O–H groups in total. The number of hydrogen-bond donors (Lipinski definition) is 2. The second-order valence-electron chi connectivity index (χ2n) is 8.86. The topological polar surface area (TPSA) is 80.9 Å². The van der Waals surface area contributed by atoms with Gasteiger partial charge in [-0.15, -0.1) is 8.78 Å². The zero-order valence-electron chi connectivity index (χ0n) is 34.4. The first-order valence-electron chi connectivity index (χ1n) is 18.5. The Hall–Kier alpha value is -3.04. The molecule has 37 heavy (non-hydrogen) atoms. The van der Waals surface area contributed by atoms with E-state index in [1.807, 2.05) is 0 Å². The van der Waals surface area contributed by atoms with Crippen molar-refractivity contribution in [2.75, 3.05) is 6.56 Å². The van der Waals surface area contributed by atoms with E-state index in [0.717, 1.165) is 11.5 Å². The van der Waals surface area contributed by atoms with E-state index < -0.39 is 149 Å². The van der Waals surface area contributed by atoms with Crippen LogP contribution in [-0.4, -0.2) is 39.5 Å². The summed E-state index contributed by atoms with van der Waals surface area (Å²) >= 11 is 0. The Morgan fingerprint density at radius 2 is 2.03 bits per heavy atom. The van der Waals surface area contributed by atoms with Crippen LogP contribution >= 0.6 is 0 Å². The number of ketones is 1. The number of carbonyl (C=O) groups excluding carboxylic acids is 1. The minimum Gasteiger partial charge on any atom is -0.395 e. The zero-order chi connectivity index (χ0) is 39.9. The van der Waals surface area contributed by atoms with Gasteiger partial charge in [-0.3, -0.25) is 4.79 Å². The van der Waals surface area contributed by atoms with E-state index in [1.54, 1.807) is 0 Å². The molecule has 1 unspecified atom stereocenters. The number of carbonyl (C=O) groups is 1. The predicted octanol–water partition coefficient (Wildman–Crippen LogP) is 4.99. The largest absolute Gasteiger partial charge is 0.586 e. The van der Waals surface area contributed by atoms with Crippen LogP contribution in [0.5, 0.6) is 11.5 Å². The summed E-state index contributed by atoms with van der Waals surface area (Å²) in [6.07, 6.45) is -15.2. The first kappa shape index (κ1) is 13.2. The molecule has 2 aliphatic rings. The number of aromatic nitrogens is 1. The van der Waals surface area contributed by atoms with Crippen LogP contribution in [0.4, 0.5) is 13.2 Å². The molecule has 0 radical (unpaired) electrons. The Bertz CT molecular complexity index is 2030. The summed E-state index contributed by atoms with van der Waals surface area (Å²) in [7, 11) is 0. The van der Waals surface area contributed by atoms with Gasteiger partial charge in [-0.25, -0.2) is 4.39 Å². The van der Waals surface area contributed by atoms with Gasteiger partial charge in [0.1, 0.15) is 11.6 Å². The lowest BCUT2D eigenvalue weighted by atomic mass is 9.86. The summed E-state index contributed by atoms with van der Waals surface area (Å²) in [5.41, 5.74) is -8.83. The fourth-order valence-electron chi connectivity index (χ4n) is 3.95. The molecule has 1 aromatic heterocycles. The molecule has 1 saturated carbocycles. The first-order valence-corrected chi connectivity index (χ1v) is 11.0. The van der Waals surface area contributed by atoms with E-state index in [4.69, 9.17) is 20.6 Å². The lowest BCUT2D eigenvalue weighted by molar-refractivity contribution is -0.286. The van der Waals surface area contributed by atoms with Gasteiger partial charge in [0.05, 0.1) is 41.1 Å². The Morgan fingerprint density at radius 3 is 2.68 bits per heavy atom. The van der Waals surface area contributed by atoms with Crippen LogP contribution in [0.1, 0.15) is 77.2 Å². The van der Waals surface area contributed by atoms with E-state index in [-0.39, 0.29) is 6.42 Å². The highest BCUT2D eigenvalue weighted by molar-refractivity contribution is 5.95. The predicted molar refractivity (Wildman–Crippen MR) is 131 cm³/mol. The van der Waals surface area contributed by atoms with Gasteiger partial charge in [-0.2, -0.15) is 0 Å². The van der Waals surface area contributed by atoms with Crippen LogP contribution in [0, 0.1) is 5.82 Å². The van der Waals surface area contributed by atoms with Crippen molar-refractivity contribution in [1.29, 1.82) is 0 Å². The second-order valence-corrected chi connectivity index (χ2v) is 8.86. The van der Waals surface area contributed by atoms with Gasteiger partial charge >= 0.3 is 6.29 Å². The van der Waals surface area contributed by atoms with Crippen molar-refractivity contribution < 1.29 is 58.2 Å². The van der Waals surface area contributed by atoms with Gasteiger partial charge in [0.2, 0.25) is 0 Å². The maximum atomic E-state index is 16.3. The molecule has 1 fully saturated rings. The van der Waals surface area contributed by atoms with E-state index >= 15 is 4.39 Å². The number of aliphatic hydroxyl groups excluding tert-OH is 1. The third kappa shape index (κ3) is 4.48. The number of fused-ring (bicyclic) bond motifs is 2. The molecule has 198 valence electrons. The molecule has 0 amide bonds. The van der Waals surface area contributed by atoms with Crippen molar-refractivity contribution in [1.82, 2.24) is 4.57 Å². The molecule has 2 heterocycles. The van der Waals surface area contributed by atoms with Crippen molar-refractivity contribution in [2.24, 2.45) is 0 Å². The van der Waals surface area contributed by atoms with Crippen LogP contribution < -0.4 is 9.47 Å². The van der Waals surface area contributed by atoms with Gasteiger partial charge in [0.25, 0.3) is 0 Å². The summed E-state index contributed by atoms with van der Waals surface area (Å²) in [4.78, 5) is 14.2. The summed E-state index contributed by atoms with van der Waals surface area (Å²) in [5, 5.41) is 19.6. The molecule has 6 nitrogen and oxygen atoms in total. The molecule has 0 saturated heterocycles. The van der Waals surface area contributed by atoms with E-state index in [2.05, 4.69) is 9.47 Å². The molecule has 0 bridgehead atoms. The Kier molecular flexibility index (Phi) is 3.12. The number of hydrogen-bond acceptors (Lipinski definition) is 5. The monoisotopic (exact) mass is 532 g/mol. The zero-order valence-corrected chi connectivity index (χ0v) is 19.4. The quantitative estimate of drug-likeness (QED) is 0.406. The van der Waals surface area contributed by atoms with Crippen molar-refractivity contribution in [3.63, 3.8) is 0 Å². The number of aliphatic hydroxyl groups is 2. The summed E-state index contributed by atoms with van der Waals surface area (Å²) in [6.45, 7) is -4.76. The van der Waals surface area contributed by atoms with Crippen LogP contribution in [0.2, 0.25) is 0 Å². The molecule has 1 aliphatic carbocycles. The fraction of sp³-hybridized carbons (Fsp3) is 0.464. The van der Waals surface area contributed by atoms with Gasteiger partial charge in [-0.05, 0) is 60.5 Å². The summed E-state index contributed by atoms with van der Waals surface area (Å²) in [6, 6.07) is -6.91. The third-order valence-electron chi connectivity index (χ3n) is 6.22. The second kappa shape index (κ2) is 8.77. The fourth-order valence-corrected chi connectivity index (χ4v) is 3.95. The molecule has 2 aromatic carbocycles. The number of alkyl halides is 2. The molecule has 9 heteroatoms. The van der Waals surface area contributed by atoms with Crippen molar-refractivity contribution in [3.8, 4) is 11.5 Å². The minimum atomic E-state index is -4.45. The van der Waals surface area contributed by atoms with Crippen LogP contribution in [0.15, 0.2) is 36.3 Å². The highest BCUT2D eigenvalue weighted by Gasteiger charge is 2.52. The van der Waals surface area contributed by atoms with Gasteiger partial charge in [0.15, 0.2) is 11.5 Å². The minimum absolute atomic E-state index is 0.265. The molecular formula is C28H30F3NO5. The third-order valence-corrected chi connectivity index (χ3v) is 6.22. The Labute approximate surface area is 233 Å². The molecule has 5 rings (SSSR count). The number of rotatable bonds is 9. The smallest absolute Gasteiger partial charge is 0.395 e. The lowest BCUT2D eigenvalue weighted by Crippen LogP contribution is -2.26. The SMILES string of the molecule is [2H]c1c([2H])c(C2(C(=O)Cc3c(F)c([2H])c4c(c3[2H])c([2H])c(C(C)(CC)C([2H])([2H])[2H])n4C[C@@H](O)C([2H])([2H])O)C([2H])([2H])C2([2H])[2H])c([2H])c2c1OC(F)(F)O2. The highest BCUT2D eigenvalue weighted by atomic mass is 19.3. The van der Waals surface area contributed by atoms with Gasteiger partial charge in [-0.1, -0.05) is 26.7 Å².